The van der Waals surface area contributed by atoms with Gasteiger partial charge in [-0.3, -0.25) is 4.90 Å². The molecule has 126 valence electrons. The van der Waals surface area contributed by atoms with Gasteiger partial charge in [-0.1, -0.05) is 36.4 Å². The first kappa shape index (κ1) is 17.1. The highest BCUT2D eigenvalue weighted by Gasteiger charge is 2.30. The van der Waals surface area contributed by atoms with E-state index in [2.05, 4.69) is 11.0 Å². The lowest BCUT2D eigenvalue weighted by Gasteiger charge is -2.35. The van der Waals surface area contributed by atoms with Gasteiger partial charge in [0.1, 0.15) is 6.04 Å². The summed E-state index contributed by atoms with van der Waals surface area (Å²) in [5, 5.41) is 11.4. The van der Waals surface area contributed by atoms with E-state index in [1.54, 1.807) is 15.6 Å². The van der Waals surface area contributed by atoms with Gasteiger partial charge in [-0.05, 0) is 17.0 Å². The average Bonchev–Trinajstić information content (AvgIpc) is 3.11. The first-order valence-corrected chi connectivity index (χ1v) is 10.3. The maximum atomic E-state index is 12.6. The maximum Gasteiger partial charge on any atom is 0.218 e. The van der Waals surface area contributed by atoms with E-state index < -0.39 is 10.0 Å². The van der Waals surface area contributed by atoms with Gasteiger partial charge in [0.25, 0.3) is 0 Å². The Morgan fingerprint density at radius 2 is 1.79 bits per heavy atom. The van der Waals surface area contributed by atoms with Crippen LogP contribution in [0.2, 0.25) is 0 Å². The smallest absolute Gasteiger partial charge is 0.218 e. The van der Waals surface area contributed by atoms with Crippen molar-refractivity contribution in [2.24, 2.45) is 0 Å². The second-order valence-electron chi connectivity index (χ2n) is 5.72. The van der Waals surface area contributed by atoms with E-state index in [1.165, 1.54) is 0 Å². The third-order valence-corrected chi connectivity index (χ3v) is 6.93. The van der Waals surface area contributed by atoms with E-state index in [0.717, 1.165) is 10.4 Å². The third kappa shape index (κ3) is 3.84. The molecule has 2 aromatic rings. The van der Waals surface area contributed by atoms with Crippen molar-refractivity contribution in [2.75, 3.05) is 26.2 Å². The molecule has 7 heteroatoms. The number of nitrogens with zero attached hydrogens (tertiary/aromatic N) is 3. The monoisotopic (exact) mass is 361 g/mol. The maximum absolute atomic E-state index is 12.6. The Morgan fingerprint density at radius 1 is 1.08 bits per heavy atom. The van der Waals surface area contributed by atoms with E-state index in [1.807, 2.05) is 47.8 Å². The predicted molar refractivity (Wildman–Crippen MR) is 94.9 cm³/mol. The molecular formula is C17H19N3O2S2. The highest BCUT2D eigenvalue weighted by atomic mass is 32.2. The van der Waals surface area contributed by atoms with Crippen molar-refractivity contribution in [3.8, 4) is 6.07 Å². The molecule has 0 bridgehead atoms. The van der Waals surface area contributed by atoms with E-state index >= 15 is 0 Å². The minimum atomic E-state index is -3.32. The molecule has 1 aliphatic rings. The summed E-state index contributed by atoms with van der Waals surface area (Å²) in [4.78, 5) is 3.07. The van der Waals surface area contributed by atoms with Crippen LogP contribution in [0.5, 0.6) is 0 Å². The van der Waals surface area contributed by atoms with Crippen LogP contribution >= 0.6 is 11.3 Å². The fraction of sp³-hybridized carbons (Fsp3) is 0.353. The molecule has 3 rings (SSSR count). The second-order valence-corrected chi connectivity index (χ2v) is 8.67. The van der Waals surface area contributed by atoms with Crippen LogP contribution in [0.25, 0.3) is 0 Å². The van der Waals surface area contributed by atoms with Crippen molar-refractivity contribution in [3.63, 3.8) is 0 Å². The second kappa shape index (κ2) is 7.45. The van der Waals surface area contributed by atoms with Gasteiger partial charge in [-0.15, -0.1) is 11.3 Å². The van der Waals surface area contributed by atoms with E-state index in [-0.39, 0.29) is 11.8 Å². The zero-order valence-electron chi connectivity index (χ0n) is 13.2. The van der Waals surface area contributed by atoms with Crippen LogP contribution in [0, 0.1) is 11.3 Å². The van der Waals surface area contributed by atoms with E-state index in [9.17, 15) is 13.7 Å². The molecule has 2 heterocycles. The molecule has 0 radical (unpaired) electrons. The molecule has 5 nitrogen and oxygen atoms in total. The SMILES string of the molecule is N#CC(c1cccs1)N1CCN(S(=O)(=O)Cc2ccccc2)CC1. The molecule has 0 saturated carbocycles. The zero-order chi connectivity index (χ0) is 17.0. The van der Waals surface area contributed by atoms with Gasteiger partial charge >= 0.3 is 0 Å². The normalized spacial score (nSPS) is 18.1. The topological polar surface area (TPSA) is 64.4 Å². The standard InChI is InChI=1S/C17H19N3O2S2/c18-13-16(17-7-4-12-23-17)19-8-10-20(11-9-19)24(21,22)14-15-5-2-1-3-6-15/h1-7,12,16H,8-11,14H2. The summed E-state index contributed by atoms with van der Waals surface area (Å²) in [5.74, 6) is 0.0282. The van der Waals surface area contributed by atoms with Gasteiger partial charge in [0.05, 0.1) is 11.8 Å². The minimum absolute atomic E-state index is 0.0282. The van der Waals surface area contributed by atoms with Crippen LogP contribution in [0.15, 0.2) is 47.8 Å². The van der Waals surface area contributed by atoms with Gasteiger partial charge in [0, 0.05) is 31.1 Å². The molecule has 1 fully saturated rings. The van der Waals surface area contributed by atoms with Crippen LogP contribution in [-0.4, -0.2) is 43.8 Å². The predicted octanol–water partition coefficient (Wildman–Crippen LogP) is 2.46. The first-order valence-electron chi connectivity index (χ1n) is 7.79. The first-order chi connectivity index (χ1) is 11.6. The highest BCUT2D eigenvalue weighted by molar-refractivity contribution is 7.88. The molecule has 1 atom stereocenters. The Balaban J connectivity index is 1.63. The number of thiophene rings is 1. The third-order valence-electron chi connectivity index (χ3n) is 4.16. The van der Waals surface area contributed by atoms with Crippen LogP contribution in [0.4, 0.5) is 0 Å². The molecular weight excluding hydrogens is 342 g/mol. The van der Waals surface area contributed by atoms with Gasteiger partial charge in [-0.25, -0.2) is 8.42 Å². The summed E-state index contributed by atoms with van der Waals surface area (Å²) in [6.45, 7) is 2.01. The summed E-state index contributed by atoms with van der Waals surface area (Å²) in [5.41, 5.74) is 0.799. The van der Waals surface area contributed by atoms with Crippen molar-refractivity contribution in [1.82, 2.24) is 9.21 Å². The number of hydrogen-bond acceptors (Lipinski definition) is 5. The Kier molecular flexibility index (Phi) is 5.31. The number of benzene rings is 1. The van der Waals surface area contributed by atoms with Gasteiger partial charge in [-0.2, -0.15) is 9.57 Å². The Morgan fingerprint density at radius 3 is 2.38 bits per heavy atom. The van der Waals surface area contributed by atoms with Crippen LogP contribution in [0.3, 0.4) is 0 Å². The largest absolute Gasteiger partial charge is 0.281 e. The van der Waals surface area contributed by atoms with E-state index in [0.29, 0.717) is 26.2 Å². The summed E-state index contributed by atoms with van der Waals surface area (Å²) in [7, 11) is -3.32. The molecule has 24 heavy (non-hydrogen) atoms. The number of sulfonamides is 1. The van der Waals surface area contributed by atoms with Gasteiger partial charge in [0.2, 0.25) is 10.0 Å². The average molecular weight is 361 g/mol. The fourth-order valence-corrected chi connectivity index (χ4v) is 5.21. The molecule has 0 spiro atoms. The van der Waals surface area contributed by atoms with Crippen molar-refractivity contribution >= 4 is 21.4 Å². The van der Waals surface area contributed by atoms with Crippen molar-refractivity contribution in [3.05, 3.63) is 58.3 Å². The molecule has 1 unspecified atom stereocenters. The number of piperazine rings is 1. The van der Waals surface area contributed by atoms with Crippen LogP contribution in [0.1, 0.15) is 16.5 Å². The van der Waals surface area contributed by atoms with Crippen molar-refractivity contribution in [1.29, 1.82) is 5.26 Å². The number of nitriles is 1. The minimum Gasteiger partial charge on any atom is -0.281 e. The highest BCUT2D eigenvalue weighted by Crippen LogP contribution is 2.26. The van der Waals surface area contributed by atoms with Crippen LogP contribution in [-0.2, 0) is 15.8 Å². The number of rotatable bonds is 5. The summed E-state index contributed by atoms with van der Waals surface area (Å²) >= 11 is 1.56. The van der Waals surface area contributed by atoms with Gasteiger partial charge in [0.15, 0.2) is 0 Å². The Bertz CT molecular complexity index is 790. The molecule has 1 aromatic carbocycles. The molecule has 1 aliphatic heterocycles. The van der Waals surface area contributed by atoms with Gasteiger partial charge < -0.3 is 0 Å². The quantitative estimate of drug-likeness (QED) is 0.821. The molecule has 0 aliphatic carbocycles. The van der Waals surface area contributed by atoms with Crippen molar-refractivity contribution in [2.45, 2.75) is 11.8 Å². The Hall–Kier alpha value is -1.72. The lowest BCUT2D eigenvalue weighted by atomic mass is 10.2. The lowest BCUT2D eigenvalue weighted by molar-refractivity contribution is 0.164. The Labute approximate surface area is 146 Å². The molecule has 1 saturated heterocycles. The number of hydrogen-bond donors (Lipinski definition) is 0. The van der Waals surface area contributed by atoms with Crippen molar-refractivity contribution < 1.29 is 8.42 Å². The van der Waals surface area contributed by atoms with E-state index in [4.69, 9.17) is 0 Å². The molecule has 0 amide bonds. The zero-order valence-corrected chi connectivity index (χ0v) is 14.8. The fourth-order valence-electron chi connectivity index (χ4n) is 2.89. The summed E-state index contributed by atoms with van der Waals surface area (Å²) in [6.07, 6.45) is 0. The molecule has 1 aromatic heterocycles. The lowest BCUT2D eigenvalue weighted by Crippen LogP contribution is -2.49. The summed E-state index contributed by atoms with van der Waals surface area (Å²) < 4.78 is 26.7. The summed E-state index contributed by atoms with van der Waals surface area (Å²) in [6, 6.07) is 15.2. The van der Waals surface area contributed by atoms with Crippen LogP contribution < -0.4 is 0 Å². The molecule has 0 N–H and O–H groups in total.